The molecule has 1 aromatic carbocycles. The van der Waals surface area contributed by atoms with Crippen molar-refractivity contribution in [3.05, 3.63) is 47.5 Å². The fraction of sp³-hybridized carbons (Fsp3) is 0.593. The maximum Gasteiger partial charge on any atom is 0.251 e. The van der Waals surface area contributed by atoms with Crippen molar-refractivity contribution in [2.24, 2.45) is 28.6 Å². The van der Waals surface area contributed by atoms with Gasteiger partial charge in [0.2, 0.25) is 5.91 Å². The Labute approximate surface area is 190 Å². The predicted octanol–water partition coefficient (Wildman–Crippen LogP) is 4.30. The Bertz CT molecular complexity index is 1010. The van der Waals surface area contributed by atoms with E-state index >= 15 is 0 Å². The zero-order valence-electron chi connectivity index (χ0n) is 19.3. The third kappa shape index (κ3) is 3.03. The first-order valence-corrected chi connectivity index (χ1v) is 12.0. The first-order valence-electron chi connectivity index (χ1n) is 12.0. The summed E-state index contributed by atoms with van der Waals surface area (Å²) in [4.78, 5) is 27.2. The molecule has 4 aliphatic rings. The van der Waals surface area contributed by atoms with Gasteiger partial charge < -0.3 is 10.2 Å². The van der Waals surface area contributed by atoms with Crippen molar-refractivity contribution < 1.29 is 9.59 Å². The van der Waals surface area contributed by atoms with Gasteiger partial charge in [0.1, 0.15) is 0 Å². The van der Waals surface area contributed by atoms with Crippen LogP contribution in [0.25, 0.3) is 0 Å². The van der Waals surface area contributed by atoms with Gasteiger partial charge >= 0.3 is 0 Å². The van der Waals surface area contributed by atoms with Crippen molar-refractivity contribution in [3.8, 4) is 6.07 Å². The number of carbonyl (C=O) groups is 2. The van der Waals surface area contributed by atoms with Gasteiger partial charge in [-0.3, -0.25) is 9.59 Å². The molecule has 5 rings (SSSR count). The number of carbonyl (C=O) groups excluding carboxylic acids is 2. The van der Waals surface area contributed by atoms with Gasteiger partial charge in [0.05, 0.1) is 11.6 Å². The second-order valence-electron chi connectivity index (χ2n) is 11.0. The van der Waals surface area contributed by atoms with Gasteiger partial charge in [-0.15, -0.1) is 0 Å². The van der Waals surface area contributed by atoms with Crippen LogP contribution in [0.2, 0.25) is 0 Å². The van der Waals surface area contributed by atoms with E-state index in [0.717, 1.165) is 32.1 Å². The second-order valence-corrected chi connectivity index (χ2v) is 11.0. The molecule has 5 nitrogen and oxygen atoms in total. The summed E-state index contributed by atoms with van der Waals surface area (Å²) in [5, 5.41) is 12.4. The van der Waals surface area contributed by atoms with Crippen LogP contribution in [0, 0.1) is 39.9 Å². The fourth-order valence-electron chi connectivity index (χ4n) is 7.91. The molecule has 0 aromatic heterocycles. The van der Waals surface area contributed by atoms with E-state index in [1.807, 2.05) is 11.9 Å². The number of hydrogen-bond acceptors (Lipinski definition) is 3. The van der Waals surface area contributed by atoms with E-state index in [0.29, 0.717) is 34.9 Å². The third-order valence-corrected chi connectivity index (χ3v) is 9.71. The summed E-state index contributed by atoms with van der Waals surface area (Å²) in [5.74, 6) is 1.96. The lowest BCUT2D eigenvalue weighted by molar-refractivity contribution is -0.138. The predicted molar refractivity (Wildman–Crippen MR) is 122 cm³/mol. The van der Waals surface area contributed by atoms with E-state index in [2.05, 4.69) is 31.3 Å². The van der Waals surface area contributed by atoms with Gasteiger partial charge in [0, 0.05) is 30.1 Å². The van der Waals surface area contributed by atoms with Gasteiger partial charge in [-0.1, -0.05) is 19.9 Å². The van der Waals surface area contributed by atoms with Crippen molar-refractivity contribution >= 4 is 11.8 Å². The molecule has 3 aliphatic carbocycles. The summed E-state index contributed by atoms with van der Waals surface area (Å²) in [5.41, 5.74) is 1.36. The van der Waals surface area contributed by atoms with E-state index in [-0.39, 0.29) is 28.7 Å². The number of amides is 2. The van der Waals surface area contributed by atoms with E-state index in [9.17, 15) is 9.59 Å². The number of benzene rings is 1. The lowest BCUT2D eigenvalue weighted by atomic mass is 9.48. The zero-order chi connectivity index (χ0) is 22.7. The Hall–Kier alpha value is -2.61. The van der Waals surface area contributed by atoms with E-state index in [1.165, 1.54) is 6.42 Å². The number of nitriles is 1. The topological polar surface area (TPSA) is 73.2 Å². The first kappa shape index (κ1) is 21.2. The summed E-state index contributed by atoms with van der Waals surface area (Å²) in [6.07, 6.45) is 10.7. The molecular formula is C27H33N3O2. The molecule has 0 radical (unpaired) electrons. The van der Waals surface area contributed by atoms with Crippen molar-refractivity contribution in [1.82, 2.24) is 10.2 Å². The van der Waals surface area contributed by atoms with Crippen molar-refractivity contribution in [2.75, 3.05) is 7.05 Å². The molecule has 1 heterocycles. The van der Waals surface area contributed by atoms with Crippen LogP contribution in [0.5, 0.6) is 0 Å². The largest absolute Gasteiger partial charge is 0.349 e. The first-order chi connectivity index (χ1) is 15.3. The Morgan fingerprint density at radius 3 is 2.56 bits per heavy atom. The van der Waals surface area contributed by atoms with Gasteiger partial charge in [-0.25, -0.2) is 0 Å². The lowest BCUT2D eigenvalue weighted by Crippen LogP contribution is -2.60. The molecule has 0 bridgehead atoms. The third-order valence-electron chi connectivity index (χ3n) is 9.71. The quantitative estimate of drug-likeness (QED) is 0.759. The van der Waals surface area contributed by atoms with Crippen molar-refractivity contribution in [1.29, 1.82) is 5.26 Å². The smallest absolute Gasteiger partial charge is 0.251 e. The van der Waals surface area contributed by atoms with Gasteiger partial charge in [0.15, 0.2) is 0 Å². The fourth-order valence-corrected chi connectivity index (χ4v) is 7.91. The van der Waals surface area contributed by atoms with Crippen LogP contribution in [0.4, 0.5) is 0 Å². The highest BCUT2D eigenvalue weighted by molar-refractivity contribution is 5.94. The molecule has 7 atom stereocenters. The minimum atomic E-state index is -0.0329. The number of hydrogen-bond donors (Lipinski definition) is 1. The average Bonchev–Trinajstić information content (AvgIpc) is 3.13. The summed E-state index contributed by atoms with van der Waals surface area (Å²) >= 11 is 0. The van der Waals surface area contributed by atoms with E-state index < -0.39 is 0 Å². The number of likely N-dealkylation sites (N-methyl/N-ethyl adjacent to an activating group) is 1. The maximum atomic E-state index is 13.0. The number of rotatable bonds is 2. The number of nitrogens with zero attached hydrogens (tertiary/aromatic N) is 2. The van der Waals surface area contributed by atoms with Crippen LogP contribution >= 0.6 is 0 Å². The SMILES string of the molecule is CN1C(=O)C=C[C@@]2(C)C1CC[C@@H]1[C@H]2CC[C@]2(C)C(NC(=O)c3ccc(C#N)cc3)CC[C@@H]12. The molecule has 5 heteroatoms. The summed E-state index contributed by atoms with van der Waals surface area (Å²) < 4.78 is 0. The normalized spacial score (nSPS) is 40.1. The highest BCUT2D eigenvalue weighted by atomic mass is 16.2. The van der Waals surface area contributed by atoms with Crippen LogP contribution in [-0.2, 0) is 4.79 Å². The van der Waals surface area contributed by atoms with E-state index in [4.69, 9.17) is 5.26 Å². The molecular weight excluding hydrogens is 398 g/mol. The maximum absolute atomic E-state index is 13.0. The molecule has 1 aliphatic heterocycles. The molecule has 3 fully saturated rings. The molecule has 2 amide bonds. The monoisotopic (exact) mass is 431 g/mol. The molecule has 1 N–H and O–H groups in total. The molecule has 1 aromatic rings. The van der Waals surface area contributed by atoms with Gasteiger partial charge in [-0.05, 0) is 92.0 Å². The van der Waals surface area contributed by atoms with Gasteiger partial charge in [-0.2, -0.15) is 5.26 Å². The standard InChI is InChI=1S/C27H33N3O2/c1-26-14-12-21-19(8-11-23-27(21,2)15-13-24(31)30(23)3)20(26)9-10-22(26)29-25(32)18-6-4-17(16-28)5-7-18/h4-7,13,15,19-23H,8-12,14H2,1-3H3,(H,29,32)/t19-,20-,21+,22?,23?,26-,27+/m0/s1. The lowest BCUT2D eigenvalue weighted by Gasteiger charge is -2.60. The van der Waals surface area contributed by atoms with Crippen LogP contribution in [0.15, 0.2) is 36.4 Å². The summed E-state index contributed by atoms with van der Waals surface area (Å²) in [6, 6.07) is 9.50. The highest BCUT2D eigenvalue weighted by Crippen LogP contribution is 2.63. The molecule has 168 valence electrons. The van der Waals surface area contributed by atoms with Crippen LogP contribution < -0.4 is 5.32 Å². The Balaban J connectivity index is 1.35. The molecule has 0 spiro atoms. The molecule has 2 unspecified atom stereocenters. The van der Waals surface area contributed by atoms with Crippen molar-refractivity contribution in [2.45, 2.75) is 64.5 Å². The number of nitrogens with one attached hydrogen (secondary N) is 1. The minimum absolute atomic E-state index is 0.0329. The Kier molecular flexibility index (Phi) is 4.96. The van der Waals surface area contributed by atoms with Crippen LogP contribution in [0.3, 0.4) is 0 Å². The van der Waals surface area contributed by atoms with Crippen molar-refractivity contribution in [3.63, 3.8) is 0 Å². The molecule has 0 saturated heterocycles. The molecule has 32 heavy (non-hydrogen) atoms. The minimum Gasteiger partial charge on any atom is -0.349 e. The van der Waals surface area contributed by atoms with Crippen LogP contribution in [0.1, 0.15) is 68.3 Å². The average molecular weight is 432 g/mol. The van der Waals surface area contributed by atoms with Gasteiger partial charge in [0.25, 0.3) is 5.91 Å². The van der Waals surface area contributed by atoms with E-state index in [1.54, 1.807) is 30.3 Å². The summed E-state index contributed by atoms with van der Waals surface area (Å²) in [7, 11) is 1.96. The molecule has 3 saturated carbocycles. The second kappa shape index (κ2) is 7.47. The zero-order valence-corrected chi connectivity index (χ0v) is 19.3. The van der Waals surface area contributed by atoms with Crippen LogP contribution in [-0.4, -0.2) is 35.8 Å². The highest BCUT2D eigenvalue weighted by Gasteiger charge is 2.60. The summed E-state index contributed by atoms with van der Waals surface area (Å²) in [6.45, 7) is 4.76. The Morgan fingerprint density at radius 1 is 1.09 bits per heavy atom. The number of fused-ring (bicyclic) bond motifs is 5. The Morgan fingerprint density at radius 2 is 1.84 bits per heavy atom.